The number of anilines is 1. The molecular weight excluding hydrogens is 522 g/mol. The summed E-state index contributed by atoms with van der Waals surface area (Å²) < 4.78 is 6.83. The highest BCUT2D eigenvalue weighted by Crippen LogP contribution is 2.34. The fraction of sp³-hybridized carbons (Fsp3) is 0.138. The molecule has 0 bridgehead atoms. The van der Waals surface area contributed by atoms with E-state index in [1.165, 1.54) is 55.1 Å². The molecule has 4 aromatic rings. The van der Waals surface area contributed by atoms with Crippen molar-refractivity contribution in [3.05, 3.63) is 111 Å². The Balaban J connectivity index is 1.79. The van der Waals surface area contributed by atoms with Crippen LogP contribution in [0.2, 0.25) is 5.02 Å². The first-order chi connectivity index (χ1) is 18.7. The van der Waals surface area contributed by atoms with Gasteiger partial charge in [0.2, 0.25) is 5.91 Å². The SMILES string of the molecule is COc1cn(C(Cc2ccccn2)C(=O)Nc2ccc(C(=O)O)cc2)c(=O)cc1-c1cc(Cl)ccc1C(C)=O. The van der Waals surface area contributed by atoms with Crippen molar-refractivity contribution < 1.29 is 24.2 Å². The van der Waals surface area contributed by atoms with E-state index in [0.717, 1.165) is 0 Å². The number of carbonyl (C=O) groups is 3. The van der Waals surface area contributed by atoms with Crippen LogP contribution in [0.25, 0.3) is 11.1 Å². The molecule has 0 aliphatic rings. The van der Waals surface area contributed by atoms with Crippen molar-refractivity contribution >= 4 is 34.9 Å². The normalized spacial score (nSPS) is 11.5. The van der Waals surface area contributed by atoms with E-state index in [-0.39, 0.29) is 23.5 Å². The highest BCUT2D eigenvalue weighted by atomic mass is 35.5. The van der Waals surface area contributed by atoms with Crippen molar-refractivity contribution in [2.24, 2.45) is 0 Å². The highest BCUT2D eigenvalue weighted by Gasteiger charge is 2.25. The Labute approximate surface area is 228 Å². The average molecular weight is 546 g/mol. The minimum absolute atomic E-state index is 0.0699. The van der Waals surface area contributed by atoms with Gasteiger partial charge in [0.15, 0.2) is 5.78 Å². The number of methoxy groups -OCH3 is 1. The molecule has 0 saturated carbocycles. The van der Waals surface area contributed by atoms with Crippen molar-refractivity contribution in [1.29, 1.82) is 0 Å². The topological polar surface area (TPSA) is 128 Å². The van der Waals surface area contributed by atoms with Crippen LogP contribution in [0.5, 0.6) is 5.75 Å². The second-order valence-corrected chi connectivity index (χ2v) is 9.10. The van der Waals surface area contributed by atoms with Crippen molar-refractivity contribution in [3.8, 4) is 16.9 Å². The summed E-state index contributed by atoms with van der Waals surface area (Å²) in [7, 11) is 1.42. The Morgan fingerprint density at radius 3 is 2.41 bits per heavy atom. The Hall–Kier alpha value is -4.76. The molecule has 39 heavy (non-hydrogen) atoms. The minimum atomic E-state index is -1.09. The first-order valence-corrected chi connectivity index (χ1v) is 12.2. The molecule has 10 heteroatoms. The van der Waals surface area contributed by atoms with Crippen LogP contribution in [-0.4, -0.2) is 39.4 Å². The highest BCUT2D eigenvalue weighted by molar-refractivity contribution is 6.31. The van der Waals surface area contributed by atoms with Gasteiger partial charge >= 0.3 is 5.97 Å². The quantitative estimate of drug-likeness (QED) is 0.286. The summed E-state index contributed by atoms with van der Waals surface area (Å²) in [6.07, 6.45) is 3.09. The number of nitrogens with one attached hydrogen (secondary N) is 1. The second kappa shape index (κ2) is 11.7. The lowest BCUT2D eigenvalue weighted by atomic mass is 9.97. The molecule has 0 radical (unpaired) electrons. The van der Waals surface area contributed by atoms with Crippen LogP contribution in [0.1, 0.15) is 39.4 Å². The van der Waals surface area contributed by atoms with E-state index in [0.29, 0.717) is 33.1 Å². The van der Waals surface area contributed by atoms with Gasteiger partial charge in [-0.1, -0.05) is 17.7 Å². The third-order valence-electron chi connectivity index (χ3n) is 6.08. The summed E-state index contributed by atoms with van der Waals surface area (Å²) in [4.78, 5) is 54.7. The summed E-state index contributed by atoms with van der Waals surface area (Å²) in [6.45, 7) is 1.41. The molecule has 0 saturated heterocycles. The molecule has 0 spiro atoms. The van der Waals surface area contributed by atoms with Gasteiger partial charge < -0.3 is 15.2 Å². The largest absolute Gasteiger partial charge is 0.495 e. The van der Waals surface area contributed by atoms with Gasteiger partial charge in [0.25, 0.3) is 5.56 Å². The van der Waals surface area contributed by atoms with E-state index in [9.17, 15) is 19.2 Å². The number of Topliss-reactive ketones (excluding diaryl/α,β-unsaturated/α-hetero) is 1. The zero-order valence-electron chi connectivity index (χ0n) is 21.1. The lowest BCUT2D eigenvalue weighted by Crippen LogP contribution is -2.34. The number of nitrogens with zero attached hydrogens (tertiary/aromatic N) is 2. The molecule has 0 fully saturated rings. The summed E-state index contributed by atoms with van der Waals surface area (Å²) in [5, 5.41) is 12.3. The summed E-state index contributed by atoms with van der Waals surface area (Å²) in [6, 6.07) is 15.9. The van der Waals surface area contributed by atoms with Gasteiger partial charge in [-0.05, 0) is 67.1 Å². The molecule has 0 aliphatic heterocycles. The number of halogens is 1. The van der Waals surface area contributed by atoms with E-state index < -0.39 is 23.5 Å². The number of aromatic carboxylic acids is 1. The third-order valence-corrected chi connectivity index (χ3v) is 6.32. The molecule has 2 aromatic carbocycles. The number of hydrogen-bond acceptors (Lipinski definition) is 6. The number of amides is 1. The molecule has 0 aliphatic carbocycles. The van der Waals surface area contributed by atoms with E-state index in [1.807, 2.05) is 0 Å². The maximum atomic E-state index is 13.5. The molecule has 2 N–H and O–H groups in total. The van der Waals surface area contributed by atoms with Gasteiger partial charge in [-0.3, -0.25) is 23.9 Å². The van der Waals surface area contributed by atoms with Crippen LogP contribution in [0, 0.1) is 0 Å². The fourth-order valence-electron chi connectivity index (χ4n) is 4.15. The zero-order chi connectivity index (χ0) is 28.1. The Kier molecular flexibility index (Phi) is 8.21. The van der Waals surface area contributed by atoms with E-state index >= 15 is 0 Å². The number of carboxylic acid groups (broad SMARTS) is 1. The molecule has 1 atom stereocenters. The molecule has 4 rings (SSSR count). The van der Waals surface area contributed by atoms with Gasteiger partial charge in [0, 0.05) is 46.2 Å². The first kappa shape index (κ1) is 27.3. The van der Waals surface area contributed by atoms with Gasteiger partial charge in [-0.15, -0.1) is 0 Å². The Morgan fingerprint density at radius 2 is 1.79 bits per heavy atom. The van der Waals surface area contributed by atoms with Crippen molar-refractivity contribution in [2.75, 3.05) is 12.4 Å². The maximum absolute atomic E-state index is 13.5. The maximum Gasteiger partial charge on any atom is 0.335 e. The van der Waals surface area contributed by atoms with Crippen LogP contribution in [-0.2, 0) is 11.2 Å². The lowest BCUT2D eigenvalue weighted by molar-refractivity contribution is -0.119. The van der Waals surface area contributed by atoms with Crippen molar-refractivity contribution in [1.82, 2.24) is 9.55 Å². The minimum Gasteiger partial charge on any atom is -0.495 e. The number of ether oxygens (including phenoxy) is 1. The van der Waals surface area contributed by atoms with Crippen LogP contribution in [0.4, 0.5) is 5.69 Å². The number of carbonyl (C=O) groups excluding carboxylic acids is 2. The zero-order valence-corrected chi connectivity index (χ0v) is 21.8. The lowest BCUT2D eigenvalue weighted by Gasteiger charge is -2.21. The van der Waals surface area contributed by atoms with Crippen molar-refractivity contribution in [2.45, 2.75) is 19.4 Å². The van der Waals surface area contributed by atoms with E-state index in [2.05, 4.69) is 10.3 Å². The number of carboxylic acids is 1. The van der Waals surface area contributed by atoms with Gasteiger partial charge in [-0.25, -0.2) is 4.79 Å². The number of pyridine rings is 2. The van der Waals surface area contributed by atoms with Gasteiger partial charge in [0.1, 0.15) is 11.8 Å². The molecule has 1 unspecified atom stereocenters. The third kappa shape index (κ3) is 6.22. The van der Waals surface area contributed by atoms with E-state index in [1.54, 1.807) is 42.6 Å². The molecule has 2 aromatic heterocycles. The Morgan fingerprint density at radius 1 is 1.05 bits per heavy atom. The number of aromatic nitrogens is 2. The average Bonchev–Trinajstić information content (AvgIpc) is 2.92. The molecule has 198 valence electrons. The first-order valence-electron chi connectivity index (χ1n) is 11.8. The van der Waals surface area contributed by atoms with Gasteiger partial charge in [0.05, 0.1) is 18.9 Å². The predicted octanol–water partition coefficient (Wildman–Crippen LogP) is 4.90. The van der Waals surface area contributed by atoms with Crippen LogP contribution in [0.15, 0.2) is 83.9 Å². The molecule has 2 heterocycles. The summed E-state index contributed by atoms with van der Waals surface area (Å²) in [5.74, 6) is -1.57. The standard InChI is InChI=1S/C29H24ClN3O6/c1-17(34)22-11-8-19(30)13-23(22)24-15-27(35)33(16-26(24)39-2)25(14-21-5-3-4-12-31-21)28(36)32-20-9-6-18(7-10-20)29(37)38/h3-13,15-16,25H,14H2,1-2H3,(H,32,36)(H,37,38). The Bertz CT molecular complexity index is 1600. The number of hydrogen-bond donors (Lipinski definition) is 2. The fourth-order valence-corrected chi connectivity index (χ4v) is 4.32. The smallest absolute Gasteiger partial charge is 0.335 e. The monoisotopic (exact) mass is 545 g/mol. The number of ketones is 1. The van der Waals surface area contributed by atoms with E-state index in [4.69, 9.17) is 21.4 Å². The van der Waals surface area contributed by atoms with Gasteiger partial charge in [-0.2, -0.15) is 0 Å². The number of benzene rings is 2. The predicted molar refractivity (Wildman–Crippen MR) is 147 cm³/mol. The van der Waals surface area contributed by atoms with Crippen molar-refractivity contribution in [3.63, 3.8) is 0 Å². The van der Waals surface area contributed by atoms with Crippen LogP contribution in [0.3, 0.4) is 0 Å². The van der Waals surface area contributed by atoms with Crippen LogP contribution >= 0.6 is 11.6 Å². The second-order valence-electron chi connectivity index (χ2n) is 8.66. The molecule has 1 amide bonds. The molecule has 9 nitrogen and oxygen atoms in total. The van der Waals surface area contributed by atoms with Crippen LogP contribution < -0.4 is 15.6 Å². The summed E-state index contributed by atoms with van der Waals surface area (Å²) in [5.41, 5.74) is 1.63. The molecular formula is C29H24ClN3O6. The summed E-state index contributed by atoms with van der Waals surface area (Å²) >= 11 is 6.20. The number of rotatable bonds is 9.